The lowest BCUT2D eigenvalue weighted by atomic mass is 9.99. The van der Waals surface area contributed by atoms with Crippen molar-refractivity contribution in [3.05, 3.63) is 16.3 Å². The number of hydrogen-bond acceptors (Lipinski definition) is 4. The molecule has 0 bridgehead atoms. The van der Waals surface area contributed by atoms with Crippen molar-refractivity contribution < 1.29 is 8.42 Å². The second-order valence-corrected chi connectivity index (χ2v) is 7.86. The van der Waals surface area contributed by atoms with Crippen LogP contribution in [0.25, 0.3) is 0 Å². The third-order valence-corrected chi connectivity index (χ3v) is 5.71. The maximum atomic E-state index is 12.1. The zero-order valence-electron chi connectivity index (χ0n) is 12.1. The van der Waals surface area contributed by atoms with E-state index in [4.69, 9.17) is 0 Å². The van der Waals surface area contributed by atoms with Crippen molar-refractivity contribution in [2.75, 3.05) is 13.1 Å². The lowest BCUT2D eigenvalue weighted by Crippen LogP contribution is -2.30. The first-order valence-electron chi connectivity index (χ1n) is 6.64. The molecule has 19 heavy (non-hydrogen) atoms. The van der Waals surface area contributed by atoms with Crippen LogP contribution in [0.3, 0.4) is 0 Å². The molecule has 0 amide bonds. The van der Waals surface area contributed by atoms with Crippen LogP contribution >= 0.6 is 11.3 Å². The van der Waals surface area contributed by atoms with Crippen molar-refractivity contribution in [1.82, 2.24) is 10.0 Å². The van der Waals surface area contributed by atoms with Gasteiger partial charge in [0.2, 0.25) is 10.0 Å². The summed E-state index contributed by atoms with van der Waals surface area (Å²) in [5.74, 6) is 0.795. The SMILES string of the molecule is CCNCc1cc(S(=O)(=O)NCC(C)C(C)C)cs1. The van der Waals surface area contributed by atoms with Gasteiger partial charge in [-0.1, -0.05) is 27.7 Å². The fourth-order valence-electron chi connectivity index (χ4n) is 1.40. The third-order valence-electron chi connectivity index (χ3n) is 3.22. The Bertz CT molecular complexity index is 481. The van der Waals surface area contributed by atoms with Gasteiger partial charge in [-0.3, -0.25) is 0 Å². The average Bonchev–Trinajstić information content (AvgIpc) is 2.82. The number of nitrogens with one attached hydrogen (secondary N) is 2. The van der Waals surface area contributed by atoms with E-state index in [1.807, 2.05) is 6.92 Å². The van der Waals surface area contributed by atoms with Gasteiger partial charge in [0.15, 0.2) is 0 Å². The number of rotatable bonds is 8. The van der Waals surface area contributed by atoms with Crippen LogP contribution < -0.4 is 10.0 Å². The predicted octanol–water partition coefficient (Wildman–Crippen LogP) is 2.43. The first kappa shape index (κ1) is 16.6. The second kappa shape index (κ2) is 7.38. The summed E-state index contributed by atoms with van der Waals surface area (Å²) < 4.78 is 26.9. The minimum absolute atomic E-state index is 0.328. The summed E-state index contributed by atoms with van der Waals surface area (Å²) in [6.45, 7) is 10.4. The van der Waals surface area contributed by atoms with Gasteiger partial charge in [-0.05, 0) is 24.4 Å². The van der Waals surface area contributed by atoms with Crippen molar-refractivity contribution in [2.24, 2.45) is 11.8 Å². The molecule has 2 N–H and O–H groups in total. The molecule has 1 atom stereocenters. The molecule has 0 aliphatic heterocycles. The van der Waals surface area contributed by atoms with E-state index in [9.17, 15) is 8.42 Å². The molecule has 0 aromatic carbocycles. The smallest absolute Gasteiger partial charge is 0.241 e. The fraction of sp³-hybridized carbons (Fsp3) is 0.692. The molecular weight excluding hydrogens is 280 g/mol. The van der Waals surface area contributed by atoms with E-state index in [0.29, 0.717) is 23.3 Å². The summed E-state index contributed by atoms with van der Waals surface area (Å²) in [5.41, 5.74) is 0. The van der Waals surface area contributed by atoms with Crippen molar-refractivity contribution in [3.63, 3.8) is 0 Å². The van der Waals surface area contributed by atoms with Gasteiger partial charge < -0.3 is 5.32 Å². The van der Waals surface area contributed by atoms with Crippen molar-refractivity contribution >= 4 is 21.4 Å². The molecule has 4 nitrogen and oxygen atoms in total. The summed E-state index contributed by atoms with van der Waals surface area (Å²) in [6.07, 6.45) is 0. The second-order valence-electron chi connectivity index (χ2n) is 5.10. The Kier molecular flexibility index (Phi) is 6.46. The van der Waals surface area contributed by atoms with E-state index in [0.717, 1.165) is 18.0 Å². The highest BCUT2D eigenvalue weighted by atomic mass is 32.2. The molecule has 1 aromatic rings. The zero-order valence-corrected chi connectivity index (χ0v) is 13.7. The maximum absolute atomic E-state index is 12.1. The van der Waals surface area contributed by atoms with Crippen LogP contribution in [0.2, 0.25) is 0 Å². The highest BCUT2D eigenvalue weighted by Crippen LogP contribution is 2.19. The predicted molar refractivity (Wildman–Crippen MR) is 80.9 cm³/mol. The Morgan fingerprint density at radius 2 is 2.00 bits per heavy atom. The molecular formula is C13H24N2O2S2. The van der Waals surface area contributed by atoms with E-state index in [2.05, 4.69) is 30.8 Å². The normalized spacial score (nSPS) is 13.9. The molecule has 6 heteroatoms. The molecule has 1 unspecified atom stereocenters. The standard InChI is InChI=1S/C13H24N2O2S2/c1-5-14-8-12-6-13(9-18-12)19(16,17)15-7-11(4)10(2)3/h6,9-11,14-15H,5,7-8H2,1-4H3. The summed E-state index contributed by atoms with van der Waals surface area (Å²) in [7, 11) is -3.36. The summed E-state index contributed by atoms with van der Waals surface area (Å²) >= 11 is 1.48. The molecule has 0 aliphatic rings. The summed E-state index contributed by atoms with van der Waals surface area (Å²) in [6, 6.07) is 1.75. The monoisotopic (exact) mass is 304 g/mol. The third kappa shape index (κ3) is 5.22. The topological polar surface area (TPSA) is 58.2 Å². The highest BCUT2D eigenvalue weighted by molar-refractivity contribution is 7.89. The number of hydrogen-bond donors (Lipinski definition) is 2. The minimum atomic E-state index is -3.36. The van der Waals surface area contributed by atoms with Gasteiger partial charge >= 0.3 is 0 Å². The van der Waals surface area contributed by atoms with Gasteiger partial charge in [-0.25, -0.2) is 13.1 Å². The van der Waals surface area contributed by atoms with Crippen molar-refractivity contribution in [2.45, 2.75) is 39.1 Å². The van der Waals surface area contributed by atoms with Crippen molar-refractivity contribution in [1.29, 1.82) is 0 Å². The number of sulfonamides is 1. The average molecular weight is 304 g/mol. The Balaban J connectivity index is 2.64. The van der Waals surface area contributed by atoms with Crippen LogP contribution in [0.5, 0.6) is 0 Å². The first-order chi connectivity index (χ1) is 8.86. The molecule has 110 valence electrons. The van der Waals surface area contributed by atoms with Crippen LogP contribution in [0.1, 0.15) is 32.6 Å². The van der Waals surface area contributed by atoms with E-state index in [1.54, 1.807) is 11.4 Å². The molecule has 0 saturated carbocycles. The number of thiophene rings is 1. The lowest BCUT2D eigenvalue weighted by Gasteiger charge is -2.15. The van der Waals surface area contributed by atoms with Gasteiger partial charge in [0.25, 0.3) is 0 Å². The van der Waals surface area contributed by atoms with Crippen molar-refractivity contribution in [3.8, 4) is 0 Å². The fourth-order valence-corrected chi connectivity index (χ4v) is 3.79. The van der Waals surface area contributed by atoms with Gasteiger partial charge in [-0.2, -0.15) is 0 Å². The molecule has 1 heterocycles. The molecule has 0 radical (unpaired) electrons. The van der Waals surface area contributed by atoms with Gasteiger partial charge in [0.1, 0.15) is 0 Å². The first-order valence-corrected chi connectivity index (χ1v) is 9.01. The van der Waals surface area contributed by atoms with E-state index in [1.165, 1.54) is 11.3 Å². The molecule has 0 spiro atoms. The molecule has 1 aromatic heterocycles. The van der Waals surface area contributed by atoms with Gasteiger partial charge in [0.05, 0.1) is 4.90 Å². The van der Waals surface area contributed by atoms with Crippen LogP contribution in [-0.2, 0) is 16.6 Å². The summed E-state index contributed by atoms with van der Waals surface area (Å²) in [4.78, 5) is 1.42. The van der Waals surface area contributed by atoms with Crippen LogP contribution in [0, 0.1) is 11.8 Å². The van der Waals surface area contributed by atoms with Crippen LogP contribution in [0.15, 0.2) is 16.3 Å². The summed E-state index contributed by atoms with van der Waals surface area (Å²) in [5, 5.41) is 4.89. The van der Waals surface area contributed by atoms with Crippen LogP contribution in [0.4, 0.5) is 0 Å². The largest absolute Gasteiger partial charge is 0.312 e. The quantitative estimate of drug-likeness (QED) is 0.775. The van der Waals surface area contributed by atoms with Gasteiger partial charge in [0, 0.05) is 23.3 Å². The molecule has 1 rings (SSSR count). The Morgan fingerprint density at radius 1 is 1.32 bits per heavy atom. The van der Waals surface area contributed by atoms with Gasteiger partial charge in [-0.15, -0.1) is 11.3 Å². The minimum Gasteiger partial charge on any atom is -0.312 e. The van der Waals surface area contributed by atoms with E-state index in [-0.39, 0.29) is 0 Å². The Hall–Kier alpha value is -0.430. The Morgan fingerprint density at radius 3 is 2.58 bits per heavy atom. The lowest BCUT2D eigenvalue weighted by molar-refractivity contribution is 0.414. The highest BCUT2D eigenvalue weighted by Gasteiger charge is 2.18. The Labute approximate surface area is 120 Å². The maximum Gasteiger partial charge on any atom is 0.241 e. The molecule has 0 saturated heterocycles. The molecule has 0 fully saturated rings. The van der Waals surface area contributed by atoms with E-state index >= 15 is 0 Å². The zero-order chi connectivity index (χ0) is 14.5. The molecule has 0 aliphatic carbocycles. The van der Waals surface area contributed by atoms with Crippen LogP contribution in [-0.4, -0.2) is 21.5 Å². The van der Waals surface area contributed by atoms with E-state index < -0.39 is 10.0 Å².